The topological polar surface area (TPSA) is 57.9 Å². The molecular formula is C11H14ClN3O. The Bertz CT molecular complexity index is 389. The Kier molecular flexibility index (Phi) is 5.03. The lowest BCUT2D eigenvalue weighted by atomic mass is 10.3. The molecule has 0 aliphatic heterocycles. The van der Waals surface area contributed by atoms with Gasteiger partial charge in [0, 0.05) is 12.6 Å². The van der Waals surface area contributed by atoms with Gasteiger partial charge in [0.05, 0.1) is 18.2 Å². The number of hydrogen-bond acceptors (Lipinski definition) is 4. The highest BCUT2D eigenvalue weighted by atomic mass is 35.5. The van der Waals surface area contributed by atoms with Gasteiger partial charge in [0.15, 0.2) is 0 Å². The summed E-state index contributed by atoms with van der Waals surface area (Å²) in [6, 6.07) is 5.34. The molecule has 0 spiro atoms. The van der Waals surface area contributed by atoms with Crippen molar-refractivity contribution in [2.24, 2.45) is 0 Å². The first kappa shape index (κ1) is 12.8. The fourth-order valence-corrected chi connectivity index (χ4v) is 1.43. The van der Waals surface area contributed by atoms with Crippen molar-refractivity contribution >= 4 is 17.4 Å². The third-order valence-electron chi connectivity index (χ3n) is 1.89. The van der Waals surface area contributed by atoms with Crippen molar-refractivity contribution in [3.8, 4) is 6.07 Å². The zero-order chi connectivity index (χ0) is 12.0. The van der Waals surface area contributed by atoms with Gasteiger partial charge in [0.2, 0.25) is 0 Å². The van der Waals surface area contributed by atoms with Gasteiger partial charge in [-0.15, -0.1) is 0 Å². The van der Waals surface area contributed by atoms with Crippen LogP contribution in [0, 0.1) is 11.3 Å². The number of nitrogens with one attached hydrogen (secondary N) is 1. The molecule has 1 atom stereocenters. The summed E-state index contributed by atoms with van der Waals surface area (Å²) >= 11 is 5.78. The summed E-state index contributed by atoms with van der Waals surface area (Å²) in [5.74, 6) is 0.594. The van der Waals surface area contributed by atoms with Gasteiger partial charge in [-0.2, -0.15) is 5.26 Å². The molecule has 4 nitrogen and oxygen atoms in total. The molecule has 1 aromatic heterocycles. The van der Waals surface area contributed by atoms with Gasteiger partial charge in [-0.05, 0) is 26.0 Å². The van der Waals surface area contributed by atoms with Gasteiger partial charge in [0.1, 0.15) is 11.0 Å². The summed E-state index contributed by atoms with van der Waals surface area (Å²) in [6.45, 7) is 5.19. The van der Waals surface area contributed by atoms with Gasteiger partial charge in [-0.3, -0.25) is 0 Å². The lowest BCUT2D eigenvalue weighted by molar-refractivity contribution is 0.141. The Labute approximate surface area is 100 Å². The minimum absolute atomic E-state index is 0.123. The van der Waals surface area contributed by atoms with Crippen molar-refractivity contribution in [1.82, 2.24) is 4.98 Å². The third-order valence-corrected chi connectivity index (χ3v) is 2.08. The highest BCUT2D eigenvalue weighted by Gasteiger charge is 2.05. The highest BCUT2D eigenvalue weighted by Crippen LogP contribution is 2.14. The predicted octanol–water partition coefficient (Wildman–Crippen LogP) is 2.44. The first-order valence-corrected chi connectivity index (χ1v) is 5.45. The monoisotopic (exact) mass is 239 g/mol. The van der Waals surface area contributed by atoms with Gasteiger partial charge in [-0.25, -0.2) is 4.98 Å². The fourth-order valence-electron chi connectivity index (χ4n) is 1.22. The van der Waals surface area contributed by atoms with Crippen LogP contribution >= 0.6 is 11.6 Å². The predicted molar refractivity (Wildman–Crippen MR) is 63.5 cm³/mol. The first-order valence-electron chi connectivity index (χ1n) is 5.07. The SMILES string of the molecule is CCOCC(C)Nc1cc(C#N)cc(Cl)n1. The number of aromatic nitrogens is 1. The van der Waals surface area contributed by atoms with E-state index >= 15 is 0 Å². The number of nitriles is 1. The first-order chi connectivity index (χ1) is 7.65. The van der Waals surface area contributed by atoms with Crippen LogP contribution in [0.15, 0.2) is 12.1 Å². The number of hydrogen-bond donors (Lipinski definition) is 1. The molecule has 0 aliphatic rings. The van der Waals surface area contributed by atoms with E-state index in [1.165, 1.54) is 6.07 Å². The lowest BCUT2D eigenvalue weighted by Gasteiger charge is -2.14. The second-order valence-electron chi connectivity index (χ2n) is 3.38. The molecule has 86 valence electrons. The van der Waals surface area contributed by atoms with Crippen molar-refractivity contribution in [2.45, 2.75) is 19.9 Å². The smallest absolute Gasteiger partial charge is 0.132 e. The van der Waals surface area contributed by atoms with Gasteiger partial charge in [-0.1, -0.05) is 11.6 Å². The van der Waals surface area contributed by atoms with E-state index in [1.54, 1.807) is 6.07 Å². The largest absolute Gasteiger partial charge is 0.380 e. The van der Waals surface area contributed by atoms with Gasteiger partial charge >= 0.3 is 0 Å². The molecule has 1 heterocycles. The minimum atomic E-state index is 0.123. The molecule has 0 saturated heterocycles. The van der Waals surface area contributed by atoms with E-state index in [1.807, 2.05) is 19.9 Å². The molecule has 1 rings (SSSR count). The molecule has 0 amide bonds. The maximum Gasteiger partial charge on any atom is 0.132 e. The lowest BCUT2D eigenvalue weighted by Crippen LogP contribution is -2.22. The number of ether oxygens (including phenoxy) is 1. The zero-order valence-electron chi connectivity index (χ0n) is 9.33. The number of pyridine rings is 1. The van der Waals surface area contributed by atoms with Crippen molar-refractivity contribution in [3.63, 3.8) is 0 Å². The van der Waals surface area contributed by atoms with Crippen molar-refractivity contribution in [3.05, 3.63) is 22.8 Å². The van der Waals surface area contributed by atoms with E-state index in [9.17, 15) is 0 Å². The van der Waals surface area contributed by atoms with Crippen LogP contribution in [-0.2, 0) is 4.74 Å². The molecule has 0 radical (unpaired) electrons. The van der Waals surface area contributed by atoms with Crippen LogP contribution in [0.25, 0.3) is 0 Å². The maximum atomic E-state index is 8.77. The normalized spacial score (nSPS) is 11.9. The van der Waals surface area contributed by atoms with E-state index in [-0.39, 0.29) is 6.04 Å². The Morgan fingerprint density at radius 3 is 3.00 bits per heavy atom. The molecule has 1 N–H and O–H groups in total. The molecule has 0 bridgehead atoms. The van der Waals surface area contributed by atoms with E-state index < -0.39 is 0 Å². The number of nitrogens with zero attached hydrogens (tertiary/aromatic N) is 2. The Morgan fingerprint density at radius 2 is 2.38 bits per heavy atom. The van der Waals surface area contributed by atoms with Crippen molar-refractivity contribution < 1.29 is 4.74 Å². The summed E-state index contributed by atoms with van der Waals surface area (Å²) in [5.41, 5.74) is 0.492. The second kappa shape index (κ2) is 6.31. The summed E-state index contributed by atoms with van der Waals surface area (Å²) in [5, 5.41) is 12.2. The molecule has 1 unspecified atom stereocenters. The molecule has 0 aliphatic carbocycles. The molecule has 5 heteroatoms. The molecule has 16 heavy (non-hydrogen) atoms. The van der Waals surface area contributed by atoms with Crippen molar-refractivity contribution in [2.75, 3.05) is 18.5 Å². The van der Waals surface area contributed by atoms with Gasteiger partial charge < -0.3 is 10.1 Å². The van der Waals surface area contributed by atoms with Crippen molar-refractivity contribution in [1.29, 1.82) is 5.26 Å². The summed E-state index contributed by atoms with van der Waals surface area (Å²) in [4.78, 5) is 4.08. The summed E-state index contributed by atoms with van der Waals surface area (Å²) in [7, 11) is 0. The average molecular weight is 240 g/mol. The van der Waals surface area contributed by atoms with Crippen LogP contribution < -0.4 is 5.32 Å². The molecule has 1 aromatic rings. The van der Waals surface area contributed by atoms with E-state index in [2.05, 4.69) is 10.3 Å². The zero-order valence-corrected chi connectivity index (χ0v) is 10.1. The van der Waals surface area contributed by atoms with Crippen LogP contribution in [0.1, 0.15) is 19.4 Å². The maximum absolute atomic E-state index is 8.77. The number of halogens is 1. The number of anilines is 1. The van der Waals surface area contributed by atoms with Crippen LogP contribution in [0.4, 0.5) is 5.82 Å². The Hall–Kier alpha value is -1.31. The molecular weight excluding hydrogens is 226 g/mol. The molecule has 0 saturated carbocycles. The van der Waals surface area contributed by atoms with Crippen LogP contribution in [0.5, 0.6) is 0 Å². The van der Waals surface area contributed by atoms with E-state index in [0.717, 1.165) is 0 Å². The van der Waals surface area contributed by atoms with E-state index in [0.29, 0.717) is 29.7 Å². The molecule has 0 fully saturated rings. The standard InChI is InChI=1S/C11H14ClN3O/c1-3-16-7-8(2)14-11-5-9(6-13)4-10(12)15-11/h4-5,8H,3,7H2,1-2H3,(H,14,15). The fraction of sp³-hybridized carbons (Fsp3) is 0.455. The Balaban J connectivity index is 2.66. The van der Waals surface area contributed by atoms with Crippen LogP contribution in [0.3, 0.4) is 0 Å². The average Bonchev–Trinajstić information content (AvgIpc) is 2.25. The quantitative estimate of drug-likeness (QED) is 0.802. The second-order valence-corrected chi connectivity index (χ2v) is 3.77. The number of rotatable bonds is 5. The Morgan fingerprint density at radius 1 is 1.62 bits per heavy atom. The minimum Gasteiger partial charge on any atom is -0.380 e. The summed E-state index contributed by atoms with van der Waals surface area (Å²) < 4.78 is 5.27. The van der Waals surface area contributed by atoms with Crippen LogP contribution in [0.2, 0.25) is 5.15 Å². The summed E-state index contributed by atoms with van der Waals surface area (Å²) in [6.07, 6.45) is 0. The van der Waals surface area contributed by atoms with Gasteiger partial charge in [0.25, 0.3) is 0 Å². The van der Waals surface area contributed by atoms with Crippen LogP contribution in [-0.4, -0.2) is 24.2 Å². The third kappa shape index (κ3) is 4.05. The highest BCUT2D eigenvalue weighted by molar-refractivity contribution is 6.29. The van der Waals surface area contributed by atoms with E-state index in [4.69, 9.17) is 21.6 Å². The molecule has 0 aromatic carbocycles.